The summed E-state index contributed by atoms with van der Waals surface area (Å²) in [6.07, 6.45) is 1.64. The average molecular weight is 252 g/mol. The van der Waals surface area contributed by atoms with E-state index in [0.29, 0.717) is 13.1 Å². The summed E-state index contributed by atoms with van der Waals surface area (Å²) in [5.74, 6) is 0. The second kappa shape index (κ2) is 7.45. The summed E-state index contributed by atoms with van der Waals surface area (Å²) in [5, 5.41) is 8.43. The molecule has 0 fully saturated rings. The predicted octanol–water partition coefficient (Wildman–Crippen LogP) is 1.40. The molecule has 0 rings (SSSR count). The van der Waals surface area contributed by atoms with Crippen LogP contribution in [0.4, 0.5) is 4.79 Å². The summed E-state index contributed by atoms with van der Waals surface area (Å²) >= 11 is 0. The van der Waals surface area contributed by atoms with Crippen molar-refractivity contribution >= 4 is 16.3 Å². The smallest absolute Gasteiger partial charge is 0.419 e. The van der Waals surface area contributed by atoms with Gasteiger partial charge in [-0.1, -0.05) is 26.7 Å². The number of nitrogens with one attached hydrogen (secondary N) is 1. The minimum absolute atomic E-state index is 0.360. The highest BCUT2D eigenvalue weighted by Gasteiger charge is 2.22. The van der Waals surface area contributed by atoms with Crippen molar-refractivity contribution in [1.82, 2.24) is 9.03 Å². The van der Waals surface area contributed by atoms with Crippen molar-refractivity contribution in [2.24, 2.45) is 0 Å². The predicted molar refractivity (Wildman–Crippen MR) is 61.5 cm³/mol. The fraction of sp³-hybridized carbons (Fsp3) is 0.889. The number of unbranched alkanes of at least 4 members (excludes halogenated alkanes) is 2. The maximum absolute atomic E-state index is 11.6. The van der Waals surface area contributed by atoms with Crippen LogP contribution in [0.15, 0.2) is 0 Å². The molecule has 0 aromatic carbocycles. The van der Waals surface area contributed by atoms with Crippen molar-refractivity contribution in [3.63, 3.8) is 0 Å². The van der Waals surface area contributed by atoms with Crippen molar-refractivity contribution in [3.05, 3.63) is 0 Å². The first-order valence-electron chi connectivity index (χ1n) is 5.44. The topological polar surface area (TPSA) is 86.7 Å². The highest BCUT2D eigenvalue weighted by Crippen LogP contribution is 2.04. The van der Waals surface area contributed by atoms with E-state index in [1.54, 1.807) is 4.72 Å². The molecule has 0 aliphatic carbocycles. The first-order valence-corrected chi connectivity index (χ1v) is 6.88. The van der Waals surface area contributed by atoms with E-state index in [4.69, 9.17) is 5.11 Å². The van der Waals surface area contributed by atoms with Gasteiger partial charge in [0.05, 0.1) is 0 Å². The molecule has 6 nitrogen and oxygen atoms in total. The zero-order chi connectivity index (χ0) is 12.6. The van der Waals surface area contributed by atoms with E-state index in [1.807, 2.05) is 13.8 Å². The zero-order valence-corrected chi connectivity index (χ0v) is 10.6. The van der Waals surface area contributed by atoms with E-state index in [1.165, 1.54) is 4.31 Å². The lowest BCUT2D eigenvalue weighted by Crippen LogP contribution is -2.43. The van der Waals surface area contributed by atoms with Crippen molar-refractivity contribution in [2.45, 2.75) is 39.5 Å². The monoisotopic (exact) mass is 252 g/mol. The third-order valence-electron chi connectivity index (χ3n) is 2.08. The lowest BCUT2D eigenvalue weighted by atomic mass is 10.3. The Kier molecular flexibility index (Phi) is 7.07. The van der Waals surface area contributed by atoms with Gasteiger partial charge in [0.1, 0.15) is 0 Å². The molecule has 1 amide bonds. The summed E-state index contributed by atoms with van der Waals surface area (Å²) in [6.45, 7) is 4.63. The molecule has 0 aliphatic heterocycles. The van der Waals surface area contributed by atoms with Crippen LogP contribution in [-0.2, 0) is 10.2 Å². The van der Waals surface area contributed by atoms with Crippen LogP contribution in [0.5, 0.6) is 0 Å². The number of rotatable bonds is 8. The Labute approximate surface area is 96.8 Å². The second-order valence-electron chi connectivity index (χ2n) is 3.52. The molecule has 0 aromatic heterocycles. The second-order valence-corrected chi connectivity index (χ2v) is 5.19. The Balaban J connectivity index is 4.51. The molecule has 0 bridgehead atoms. The molecule has 16 heavy (non-hydrogen) atoms. The Morgan fingerprint density at radius 3 is 1.94 bits per heavy atom. The van der Waals surface area contributed by atoms with E-state index in [-0.39, 0.29) is 0 Å². The molecule has 0 radical (unpaired) electrons. The number of carboxylic acid groups (broad SMARTS) is 1. The standard InChI is InChI=1S/C9H20N2O4S/c1-3-5-7-11(8-6-4-2)16(14,15)10-9(12)13/h10H,3-8H2,1-2H3,(H,12,13). The van der Waals surface area contributed by atoms with Crippen LogP contribution in [0.2, 0.25) is 0 Å². The minimum atomic E-state index is -3.88. The van der Waals surface area contributed by atoms with Gasteiger partial charge in [-0.2, -0.15) is 12.7 Å². The van der Waals surface area contributed by atoms with Gasteiger partial charge in [-0.3, -0.25) is 0 Å². The number of carbonyl (C=O) groups is 1. The van der Waals surface area contributed by atoms with E-state index < -0.39 is 16.3 Å². The lowest BCUT2D eigenvalue weighted by Gasteiger charge is -2.20. The Bertz CT molecular complexity index is 295. The quantitative estimate of drug-likeness (QED) is 0.683. The molecule has 0 atom stereocenters. The summed E-state index contributed by atoms with van der Waals surface area (Å²) < 4.78 is 25.9. The van der Waals surface area contributed by atoms with Crippen LogP contribution in [0.3, 0.4) is 0 Å². The highest BCUT2D eigenvalue weighted by molar-refractivity contribution is 7.87. The van der Waals surface area contributed by atoms with Crippen LogP contribution in [-0.4, -0.2) is 37.0 Å². The molecule has 0 heterocycles. The van der Waals surface area contributed by atoms with Gasteiger partial charge < -0.3 is 5.11 Å². The van der Waals surface area contributed by atoms with Crippen molar-refractivity contribution in [2.75, 3.05) is 13.1 Å². The normalized spacial score (nSPS) is 11.7. The van der Waals surface area contributed by atoms with E-state index in [2.05, 4.69) is 0 Å². The lowest BCUT2D eigenvalue weighted by molar-refractivity contribution is 0.200. The number of nitrogens with zero attached hydrogens (tertiary/aromatic N) is 1. The Hall–Kier alpha value is -0.820. The SMILES string of the molecule is CCCCN(CCCC)S(=O)(=O)NC(=O)O. The maximum Gasteiger partial charge on any atom is 0.419 e. The molecular weight excluding hydrogens is 232 g/mol. The van der Waals surface area contributed by atoms with Crippen molar-refractivity contribution in [1.29, 1.82) is 0 Å². The van der Waals surface area contributed by atoms with E-state index in [0.717, 1.165) is 25.7 Å². The van der Waals surface area contributed by atoms with Gasteiger partial charge in [-0.05, 0) is 12.8 Å². The van der Waals surface area contributed by atoms with Crippen molar-refractivity contribution < 1.29 is 18.3 Å². The third-order valence-corrected chi connectivity index (χ3v) is 3.56. The fourth-order valence-corrected chi connectivity index (χ4v) is 2.28. The van der Waals surface area contributed by atoms with Crippen LogP contribution < -0.4 is 4.72 Å². The van der Waals surface area contributed by atoms with Gasteiger partial charge in [0.2, 0.25) is 0 Å². The fourth-order valence-electron chi connectivity index (χ4n) is 1.20. The maximum atomic E-state index is 11.6. The van der Waals surface area contributed by atoms with Gasteiger partial charge in [0.15, 0.2) is 0 Å². The van der Waals surface area contributed by atoms with Crippen LogP contribution in [0.25, 0.3) is 0 Å². The average Bonchev–Trinajstić information content (AvgIpc) is 2.15. The van der Waals surface area contributed by atoms with Gasteiger partial charge in [0.25, 0.3) is 0 Å². The van der Waals surface area contributed by atoms with Gasteiger partial charge in [-0.15, -0.1) is 0 Å². The molecule has 0 unspecified atom stereocenters. The van der Waals surface area contributed by atoms with Gasteiger partial charge in [-0.25, -0.2) is 9.52 Å². The number of hydrogen-bond donors (Lipinski definition) is 2. The summed E-state index contributed by atoms with van der Waals surface area (Å²) in [7, 11) is -3.88. The van der Waals surface area contributed by atoms with E-state index in [9.17, 15) is 13.2 Å². The number of amides is 1. The molecule has 2 N–H and O–H groups in total. The molecule has 0 saturated heterocycles. The molecule has 7 heteroatoms. The molecule has 0 aromatic rings. The van der Waals surface area contributed by atoms with Crippen LogP contribution in [0, 0.1) is 0 Å². The summed E-state index contributed by atoms with van der Waals surface area (Å²) in [6, 6.07) is 0. The highest BCUT2D eigenvalue weighted by atomic mass is 32.2. The van der Waals surface area contributed by atoms with E-state index >= 15 is 0 Å². The molecule has 0 aliphatic rings. The molecule has 0 saturated carbocycles. The summed E-state index contributed by atoms with van der Waals surface area (Å²) in [4.78, 5) is 10.4. The molecular formula is C9H20N2O4S. The molecule has 0 spiro atoms. The van der Waals surface area contributed by atoms with Crippen LogP contribution in [0.1, 0.15) is 39.5 Å². The Morgan fingerprint density at radius 2 is 1.62 bits per heavy atom. The summed E-state index contributed by atoms with van der Waals surface area (Å²) in [5.41, 5.74) is 0. The minimum Gasteiger partial charge on any atom is -0.464 e. The van der Waals surface area contributed by atoms with Crippen molar-refractivity contribution in [3.8, 4) is 0 Å². The van der Waals surface area contributed by atoms with Gasteiger partial charge in [0, 0.05) is 13.1 Å². The van der Waals surface area contributed by atoms with Crippen LogP contribution >= 0.6 is 0 Å². The zero-order valence-electron chi connectivity index (χ0n) is 9.77. The first kappa shape index (κ1) is 15.2. The largest absolute Gasteiger partial charge is 0.464 e. The first-order chi connectivity index (χ1) is 7.44. The van der Waals surface area contributed by atoms with Gasteiger partial charge >= 0.3 is 16.3 Å². The Morgan fingerprint density at radius 1 is 1.19 bits per heavy atom. The molecule has 96 valence electrons. The number of hydrogen-bond acceptors (Lipinski definition) is 3. The third kappa shape index (κ3) is 5.92.